The van der Waals surface area contributed by atoms with Gasteiger partial charge in [0.25, 0.3) is 0 Å². The molecule has 132 valence electrons. The van der Waals surface area contributed by atoms with Crippen molar-refractivity contribution < 1.29 is 27.8 Å². The molecule has 5 nitrogen and oxygen atoms in total. The molecular formula is C16H19F3N2O3. The maximum atomic E-state index is 13.2. The van der Waals surface area contributed by atoms with Gasteiger partial charge in [-0.1, -0.05) is 12.1 Å². The van der Waals surface area contributed by atoms with Gasteiger partial charge in [0.1, 0.15) is 0 Å². The van der Waals surface area contributed by atoms with Crippen LogP contribution in [-0.4, -0.2) is 46.7 Å². The Morgan fingerprint density at radius 3 is 2.71 bits per heavy atom. The smallest absolute Gasteiger partial charge is 0.389 e. The zero-order chi connectivity index (χ0) is 17.2. The highest BCUT2D eigenvalue weighted by molar-refractivity contribution is 5.76. The predicted octanol–water partition coefficient (Wildman–Crippen LogP) is 2.61. The van der Waals surface area contributed by atoms with E-state index in [4.69, 9.17) is 9.47 Å². The van der Waals surface area contributed by atoms with Crippen LogP contribution in [0.3, 0.4) is 0 Å². The summed E-state index contributed by atoms with van der Waals surface area (Å²) in [6, 6.07) is 6.35. The van der Waals surface area contributed by atoms with Crippen molar-refractivity contribution in [2.75, 3.05) is 19.8 Å². The number of hydrogen-bond donors (Lipinski definition) is 1. The number of aliphatic hydroxyl groups excluding tert-OH is 1. The fourth-order valence-electron chi connectivity index (χ4n) is 2.83. The van der Waals surface area contributed by atoms with Crippen LogP contribution in [0, 0.1) is 0 Å². The summed E-state index contributed by atoms with van der Waals surface area (Å²) in [4.78, 5) is 3.66. The van der Waals surface area contributed by atoms with Gasteiger partial charge in [-0.25, -0.2) is 4.98 Å². The number of halogens is 3. The van der Waals surface area contributed by atoms with Crippen molar-refractivity contribution >= 4 is 11.0 Å². The van der Waals surface area contributed by atoms with Crippen LogP contribution in [-0.2, 0) is 22.2 Å². The number of aromatic nitrogens is 2. The van der Waals surface area contributed by atoms with Gasteiger partial charge in [0.05, 0.1) is 36.4 Å². The Kier molecular flexibility index (Phi) is 5.07. The number of alkyl halides is 3. The van der Waals surface area contributed by atoms with Crippen LogP contribution in [0.1, 0.15) is 18.7 Å². The normalized spacial score (nSPS) is 18.2. The highest BCUT2D eigenvalue weighted by Gasteiger charge is 2.38. The lowest BCUT2D eigenvalue weighted by Crippen LogP contribution is -2.30. The topological polar surface area (TPSA) is 56.5 Å². The molecule has 1 saturated heterocycles. The minimum Gasteiger partial charge on any atom is -0.389 e. The Hall–Kier alpha value is -1.64. The number of aliphatic hydroxyl groups is 1. The van der Waals surface area contributed by atoms with E-state index >= 15 is 0 Å². The number of hydrogen-bond acceptors (Lipinski definition) is 4. The molecule has 1 unspecified atom stereocenters. The first-order valence-corrected chi connectivity index (χ1v) is 7.85. The van der Waals surface area contributed by atoms with E-state index in [1.165, 1.54) is 6.07 Å². The van der Waals surface area contributed by atoms with E-state index < -0.39 is 18.1 Å². The van der Waals surface area contributed by atoms with Crippen molar-refractivity contribution in [2.24, 2.45) is 0 Å². The largest absolute Gasteiger partial charge is 0.449 e. The van der Waals surface area contributed by atoms with E-state index in [-0.39, 0.29) is 24.8 Å². The fourth-order valence-corrected chi connectivity index (χ4v) is 2.83. The molecule has 0 spiro atoms. The first kappa shape index (κ1) is 17.2. The van der Waals surface area contributed by atoms with E-state index in [1.807, 2.05) is 0 Å². The van der Waals surface area contributed by atoms with E-state index in [0.29, 0.717) is 18.7 Å². The summed E-state index contributed by atoms with van der Waals surface area (Å²) in [5, 5.41) is 10.1. The maximum Gasteiger partial charge on any atom is 0.449 e. The third kappa shape index (κ3) is 3.88. The van der Waals surface area contributed by atoms with Gasteiger partial charge in [-0.15, -0.1) is 0 Å². The molecule has 24 heavy (non-hydrogen) atoms. The van der Waals surface area contributed by atoms with Crippen LogP contribution in [0.2, 0.25) is 0 Å². The Labute approximate surface area is 137 Å². The lowest BCUT2D eigenvalue weighted by Gasteiger charge is -2.24. The molecule has 1 aromatic carbocycles. The molecule has 1 fully saturated rings. The number of benzene rings is 1. The minimum absolute atomic E-state index is 0.0185. The van der Waals surface area contributed by atoms with Gasteiger partial charge >= 0.3 is 6.18 Å². The Morgan fingerprint density at radius 1 is 1.29 bits per heavy atom. The lowest BCUT2D eigenvalue weighted by molar-refractivity contribution is -0.147. The molecule has 2 aromatic rings. The fraction of sp³-hybridized carbons (Fsp3) is 0.562. The summed E-state index contributed by atoms with van der Waals surface area (Å²) in [7, 11) is 0. The SMILES string of the molecule is OC(COC1CCOCC1)Cn1c(C(F)(F)F)nc2ccccc21. The second kappa shape index (κ2) is 7.08. The van der Waals surface area contributed by atoms with E-state index in [9.17, 15) is 18.3 Å². The zero-order valence-corrected chi connectivity index (χ0v) is 13.0. The van der Waals surface area contributed by atoms with E-state index in [2.05, 4.69) is 4.98 Å². The average Bonchev–Trinajstić information content (AvgIpc) is 2.93. The molecule has 3 rings (SSSR count). The van der Waals surface area contributed by atoms with Crippen molar-refractivity contribution in [3.63, 3.8) is 0 Å². The van der Waals surface area contributed by atoms with Gasteiger partial charge in [-0.05, 0) is 25.0 Å². The molecule has 2 heterocycles. The van der Waals surface area contributed by atoms with Gasteiger partial charge in [-0.2, -0.15) is 13.2 Å². The maximum absolute atomic E-state index is 13.2. The Bertz CT molecular complexity index is 681. The van der Waals surface area contributed by atoms with Gasteiger partial charge in [-0.3, -0.25) is 0 Å². The molecule has 0 bridgehead atoms. The van der Waals surface area contributed by atoms with Crippen molar-refractivity contribution in [3.05, 3.63) is 30.1 Å². The molecule has 0 aliphatic carbocycles. The van der Waals surface area contributed by atoms with Crippen LogP contribution in [0.15, 0.2) is 24.3 Å². The summed E-state index contributed by atoms with van der Waals surface area (Å²) < 4.78 is 51.4. The van der Waals surface area contributed by atoms with Crippen LogP contribution in [0.25, 0.3) is 11.0 Å². The standard InChI is InChI=1S/C16H19F3N2O3/c17-16(18,19)15-20-13-3-1-2-4-14(13)21(15)9-11(22)10-24-12-5-7-23-8-6-12/h1-4,11-12,22H,5-10H2. The second-order valence-electron chi connectivity index (χ2n) is 5.83. The summed E-state index contributed by atoms with van der Waals surface area (Å²) in [6.45, 7) is 0.962. The monoisotopic (exact) mass is 344 g/mol. The third-order valence-electron chi connectivity index (χ3n) is 3.99. The summed E-state index contributed by atoms with van der Waals surface area (Å²) in [6.07, 6.45) is -4.19. The molecule has 0 saturated carbocycles. The molecule has 0 radical (unpaired) electrons. The number of rotatable bonds is 5. The predicted molar refractivity (Wildman–Crippen MR) is 80.5 cm³/mol. The lowest BCUT2D eigenvalue weighted by atomic mass is 10.1. The quantitative estimate of drug-likeness (QED) is 0.906. The van der Waals surface area contributed by atoms with Crippen molar-refractivity contribution in [3.8, 4) is 0 Å². The van der Waals surface area contributed by atoms with Gasteiger partial charge in [0.15, 0.2) is 0 Å². The molecule has 1 atom stereocenters. The van der Waals surface area contributed by atoms with Crippen LogP contribution >= 0.6 is 0 Å². The molecule has 1 aliphatic rings. The summed E-state index contributed by atoms with van der Waals surface area (Å²) in [5.41, 5.74) is 0.595. The Morgan fingerprint density at radius 2 is 2.00 bits per heavy atom. The number of imidazole rings is 1. The number of ether oxygens (including phenoxy) is 2. The number of fused-ring (bicyclic) bond motifs is 1. The Balaban J connectivity index is 1.73. The molecule has 8 heteroatoms. The highest BCUT2D eigenvalue weighted by atomic mass is 19.4. The van der Waals surface area contributed by atoms with Crippen molar-refractivity contribution in [1.82, 2.24) is 9.55 Å². The first-order chi connectivity index (χ1) is 11.4. The van der Waals surface area contributed by atoms with Gasteiger partial charge in [0, 0.05) is 13.2 Å². The summed E-state index contributed by atoms with van der Waals surface area (Å²) >= 11 is 0. The number of para-hydroxylation sites is 2. The van der Waals surface area contributed by atoms with E-state index in [1.54, 1.807) is 18.2 Å². The molecule has 0 amide bonds. The van der Waals surface area contributed by atoms with Crippen LogP contribution < -0.4 is 0 Å². The molecule has 1 N–H and O–H groups in total. The van der Waals surface area contributed by atoms with Crippen molar-refractivity contribution in [2.45, 2.75) is 37.8 Å². The average molecular weight is 344 g/mol. The van der Waals surface area contributed by atoms with Crippen molar-refractivity contribution in [1.29, 1.82) is 0 Å². The van der Waals surface area contributed by atoms with Crippen LogP contribution in [0.4, 0.5) is 13.2 Å². The van der Waals surface area contributed by atoms with E-state index in [0.717, 1.165) is 17.4 Å². The molecule has 1 aromatic heterocycles. The molecule has 1 aliphatic heterocycles. The third-order valence-corrected chi connectivity index (χ3v) is 3.99. The molecular weight excluding hydrogens is 325 g/mol. The van der Waals surface area contributed by atoms with Gasteiger partial charge < -0.3 is 19.1 Å². The van der Waals surface area contributed by atoms with Crippen LogP contribution in [0.5, 0.6) is 0 Å². The number of nitrogens with zero attached hydrogens (tertiary/aromatic N) is 2. The zero-order valence-electron chi connectivity index (χ0n) is 13.0. The highest BCUT2D eigenvalue weighted by Crippen LogP contribution is 2.31. The summed E-state index contributed by atoms with van der Waals surface area (Å²) in [5.74, 6) is -1.01. The first-order valence-electron chi connectivity index (χ1n) is 7.85. The second-order valence-corrected chi connectivity index (χ2v) is 5.83. The van der Waals surface area contributed by atoms with Gasteiger partial charge in [0.2, 0.25) is 5.82 Å². The minimum atomic E-state index is -4.58.